The smallest absolute Gasteiger partial charge is 0.371 e. The Morgan fingerprint density at radius 2 is 2.11 bits per heavy atom. The summed E-state index contributed by atoms with van der Waals surface area (Å²) in [6, 6.07) is 1.47. The molecule has 0 atom stereocenters. The van der Waals surface area contributed by atoms with Crippen LogP contribution in [0.4, 0.5) is 0 Å². The number of rotatable bonds is 6. The van der Waals surface area contributed by atoms with Crippen LogP contribution in [0, 0.1) is 12.3 Å². The minimum absolute atomic E-state index is 0.0848. The van der Waals surface area contributed by atoms with E-state index < -0.39 is 11.4 Å². The highest BCUT2D eigenvalue weighted by Crippen LogP contribution is 2.16. The average molecular weight is 254 g/mol. The van der Waals surface area contributed by atoms with Crippen LogP contribution in [-0.4, -0.2) is 23.5 Å². The average Bonchev–Trinajstić information content (AvgIpc) is 2.60. The molecule has 0 saturated carbocycles. The predicted molar refractivity (Wildman–Crippen MR) is 65.1 cm³/mol. The number of aryl methyl sites for hydroxylation is 1. The summed E-state index contributed by atoms with van der Waals surface area (Å²) in [5, 5.41) is 11.8. The largest absolute Gasteiger partial charge is 0.475 e. The van der Waals surface area contributed by atoms with Crippen molar-refractivity contribution in [1.29, 1.82) is 0 Å². The summed E-state index contributed by atoms with van der Waals surface area (Å²) in [7, 11) is 0. The van der Waals surface area contributed by atoms with Crippen LogP contribution in [0.1, 0.15) is 35.7 Å². The zero-order chi connectivity index (χ0) is 13.9. The van der Waals surface area contributed by atoms with Crippen LogP contribution in [0.3, 0.4) is 0 Å². The van der Waals surface area contributed by atoms with E-state index in [1.54, 1.807) is 20.8 Å². The van der Waals surface area contributed by atoms with Crippen molar-refractivity contribution >= 4 is 11.9 Å². The lowest BCUT2D eigenvalue weighted by molar-refractivity contribution is -0.125. The number of carboxylic acid groups (broad SMARTS) is 1. The number of amides is 1. The topological polar surface area (TPSA) is 106 Å². The first-order valence-electron chi connectivity index (χ1n) is 5.57. The van der Waals surface area contributed by atoms with Gasteiger partial charge in [-0.25, -0.2) is 4.79 Å². The first-order chi connectivity index (χ1) is 8.24. The molecule has 1 rings (SSSR count). The Labute approximate surface area is 105 Å². The number of aromatic carboxylic acids is 1. The number of carbonyl (C=O) groups is 2. The second-order valence-corrected chi connectivity index (χ2v) is 4.85. The Morgan fingerprint density at radius 3 is 2.56 bits per heavy atom. The summed E-state index contributed by atoms with van der Waals surface area (Å²) in [6.45, 7) is 6.03. The predicted octanol–water partition coefficient (Wildman–Crippen LogP) is 0.887. The highest BCUT2D eigenvalue weighted by atomic mass is 16.4. The van der Waals surface area contributed by atoms with Crippen LogP contribution in [-0.2, 0) is 11.3 Å². The second kappa shape index (κ2) is 5.22. The van der Waals surface area contributed by atoms with E-state index in [1.165, 1.54) is 6.07 Å². The Bertz CT molecular complexity index is 463. The normalized spacial score (nSPS) is 11.5. The number of nitrogens with two attached hydrogens (primary N) is 1. The maximum Gasteiger partial charge on any atom is 0.371 e. The number of hydrogen-bond acceptors (Lipinski definition) is 4. The highest BCUT2D eigenvalue weighted by Gasteiger charge is 2.24. The van der Waals surface area contributed by atoms with E-state index >= 15 is 0 Å². The van der Waals surface area contributed by atoms with E-state index in [0.29, 0.717) is 18.8 Å². The molecule has 6 heteroatoms. The quantitative estimate of drug-likeness (QED) is 0.699. The third-order valence-electron chi connectivity index (χ3n) is 2.78. The molecular formula is C12H18N2O4. The Balaban J connectivity index is 2.59. The van der Waals surface area contributed by atoms with Gasteiger partial charge in [-0.3, -0.25) is 4.79 Å². The van der Waals surface area contributed by atoms with Crippen molar-refractivity contribution in [2.45, 2.75) is 27.3 Å². The SMILES string of the molecule is Cc1oc(C(=O)O)cc1CNCC(C)(C)C(N)=O. The number of primary amides is 1. The number of carboxylic acids is 1. The molecule has 0 aliphatic carbocycles. The molecule has 0 bridgehead atoms. The fourth-order valence-electron chi connectivity index (χ4n) is 1.40. The van der Waals surface area contributed by atoms with Gasteiger partial charge in [-0.05, 0) is 26.8 Å². The van der Waals surface area contributed by atoms with Crippen molar-refractivity contribution in [2.24, 2.45) is 11.1 Å². The summed E-state index contributed by atoms with van der Waals surface area (Å²) < 4.78 is 5.08. The van der Waals surface area contributed by atoms with Gasteiger partial charge in [0.1, 0.15) is 5.76 Å². The van der Waals surface area contributed by atoms with Crippen LogP contribution in [0.5, 0.6) is 0 Å². The van der Waals surface area contributed by atoms with Gasteiger partial charge in [0.25, 0.3) is 0 Å². The molecular weight excluding hydrogens is 236 g/mol. The Morgan fingerprint density at radius 1 is 1.50 bits per heavy atom. The van der Waals surface area contributed by atoms with Gasteiger partial charge in [0.15, 0.2) is 0 Å². The van der Waals surface area contributed by atoms with Crippen LogP contribution >= 0.6 is 0 Å². The molecule has 0 aliphatic rings. The number of furan rings is 1. The van der Waals surface area contributed by atoms with E-state index in [1.807, 2.05) is 0 Å². The summed E-state index contributed by atoms with van der Waals surface area (Å²) >= 11 is 0. The Hall–Kier alpha value is -1.82. The fourth-order valence-corrected chi connectivity index (χ4v) is 1.40. The number of hydrogen-bond donors (Lipinski definition) is 3. The highest BCUT2D eigenvalue weighted by molar-refractivity contribution is 5.84. The van der Waals surface area contributed by atoms with Crippen LogP contribution in [0.2, 0.25) is 0 Å². The molecule has 0 saturated heterocycles. The lowest BCUT2D eigenvalue weighted by atomic mass is 9.93. The molecule has 100 valence electrons. The second-order valence-electron chi connectivity index (χ2n) is 4.85. The molecule has 1 aromatic rings. The molecule has 0 fully saturated rings. The third-order valence-corrected chi connectivity index (χ3v) is 2.78. The molecule has 0 unspecified atom stereocenters. The van der Waals surface area contributed by atoms with Crippen molar-refractivity contribution in [1.82, 2.24) is 5.32 Å². The van der Waals surface area contributed by atoms with Crippen LogP contribution in [0.25, 0.3) is 0 Å². The van der Waals surface area contributed by atoms with E-state index in [-0.39, 0.29) is 11.7 Å². The van der Waals surface area contributed by atoms with E-state index in [0.717, 1.165) is 5.56 Å². The molecule has 1 heterocycles. The molecule has 1 amide bonds. The van der Waals surface area contributed by atoms with Gasteiger partial charge in [0.2, 0.25) is 11.7 Å². The first kappa shape index (κ1) is 14.2. The maximum atomic E-state index is 11.1. The van der Waals surface area contributed by atoms with E-state index in [9.17, 15) is 9.59 Å². The van der Waals surface area contributed by atoms with Gasteiger partial charge in [-0.1, -0.05) is 0 Å². The standard InChI is InChI=1S/C12H18N2O4/c1-7-8(4-9(18-7)10(15)16)5-14-6-12(2,3)11(13)17/h4,14H,5-6H2,1-3H3,(H2,13,17)(H,15,16). The summed E-state index contributed by atoms with van der Waals surface area (Å²) in [5.41, 5.74) is 5.36. The van der Waals surface area contributed by atoms with Crippen LogP contribution in [0.15, 0.2) is 10.5 Å². The zero-order valence-electron chi connectivity index (χ0n) is 10.7. The van der Waals surface area contributed by atoms with Gasteiger partial charge in [-0.2, -0.15) is 0 Å². The van der Waals surface area contributed by atoms with Crippen molar-refractivity contribution in [3.63, 3.8) is 0 Å². The van der Waals surface area contributed by atoms with Crippen molar-refractivity contribution < 1.29 is 19.1 Å². The molecule has 0 aromatic carbocycles. The van der Waals surface area contributed by atoms with Crippen LogP contribution < -0.4 is 11.1 Å². The van der Waals surface area contributed by atoms with Gasteiger partial charge < -0.3 is 20.6 Å². The van der Waals surface area contributed by atoms with E-state index in [2.05, 4.69) is 5.32 Å². The first-order valence-corrected chi connectivity index (χ1v) is 5.57. The van der Waals surface area contributed by atoms with Crippen molar-refractivity contribution in [2.75, 3.05) is 6.54 Å². The van der Waals surface area contributed by atoms with Gasteiger partial charge in [0, 0.05) is 18.7 Å². The van der Waals surface area contributed by atoms with Crippen molar-refractivity contribution in [3.05, 3.63) is 23.2 Å². The summed E-state index contributed by atoms with van der Waals surface area (Å²) in [5.74, 6) is -1.01. The molecule has 4 N–H and O–H groups in total. The number of nitrogens with one attached hydrogen (secondary N) is 1. The summed E-state index contributed by atoms with van der Waals surface area (Å²) in [6.07, 6.45) is 0. The lowest BCUT2D eigenvalue weighted by Crippen LogP contribution is -2.40. The third kappa shape index (κ3) is 3.33. The van der Waals surface area contributed by atoms with Gasteiger partial charge >= 0.3 is 5.97 Å². The fraction of sp³-hybridized carbons (Fsp3) is 0.500. The molecule has 18 heavy (non-hydrogen) atoms. The minimum atomic E-state index is -1.10. The zero-order valence-corrected chi connectivity index (χ0v) is 10.7. The lowest BCUT2D eigenvalue weighted by Gasteiger charge is -2.20. The van der Waals surface area contributed by atoms with Crippen molar-refractivity contribution in [3.8, 4) is 0 Å². The monoisotopic (exact) mass is 254 g/mol. The molecule has 6 nitrogen and oxygen atoms in total. The molecule has 0 aliphatic heterocycles. The Kier molecular flexibility index (Phi) is 4.13. The molecule has 0 spiro atoms. The minimum Gasteiger partial charge on any atom is -0.475 e. The maximum absolute atomic E-state index is 11.1. The van der Waals surface area contributed by atoms with Gasteiger partial charge in [0.05, 0.1) is 5.41 Å². The molecule has 1 aromatic heterocycles. The number of carbonyl (C=O) groups excluding carboxylic acids is 1. The summed E-state index contributed by atoms with van der Waals surface area (Å²) in [4.78, 5) is 21.8. The van der Waals surface area contributed by atoms with E-state index in [4.69, 9.17) is 15.3 Å². The molecule has 0 radical (unpaired) electrons. The van der Waals surface area contributed by atoms with Gasteiger partial charge in [-0.15, -0.1) is 0 Å².